The number of nitrogens with one attached hydrogen (secondary N) is 2. The number of hydrogen-bond donors (Lipinski definition) is 2. The van der Waals surface area contributed by atoms with E-state index in [0.29, 0.717) is 28.1 Å². The van der Waals surface area contributed by atoms with Crippen LogP contribution in [-0.2, 0) is 23.1 Å². The monoisotopic (exact) mass is 447 g/mol. The fraction of sp³-hybridized carbons (Fsp3) is 0.200. The number of hydrogen-bond acceptors (Lipinski definition) is 5. The molecule has 0 bridgehead atoms. The Bertz CT molecular complexity index is 1040. The molecular formula is C20H19ClFN5O2S. The van der Waals surface area contributed by atoms with E-state index in [2.05, 4.69) is 20.8 Å². The summed E-state index contributed by atoms with van der Waals surface area (Å²) in [6.07, 6.45) is 0.462. The Kier molecular flexibility index (Phi) is 7.42. The van der Waals surface area contributed by atoms with Crippen molar-refractivity contribution < 1.29 is 14.0 Å². The van der Waals surface area contributed by atoms with Crippen LogP contribution in [0.15, 0.2) is 53.7 Å². The van der Waals surface area contributed by atoms with E-state index >= 15 is 0 Å². The second kappa shape index (κ2) is 10.2. The molecule has 3 aromatic rings. The molecule has 7 nitrogen and oxygen atoms in total. The molecule has 0 fully saturated rings. The first-order chi connectivity index (χ1) is 14.4. The molecule has 3 rings (SSSR count). The Morgan fingerprint density at radius 1 is 1.07 bits per heavy atom. The number of thioether (sulfide) groups is 1. The maximum Gasteiger partial charge on any atom is 0.234 e. The molecule has 1 heterocycles. The lowest BCUT2D eigenvalue weighted by Gasteiger charge is -2.07. The highest BCUT2D eigenvalue weighted by Crippen LogP contribution is 2.18. The molecule has 2 amide bonds. The van der Waals surface area contributed by atoms with Gasteiger partial charge in [-0.1, -0.05) is 35.5 Å². The van der Waals surface area contributed by atoms with Crippen molar-refractivity contribution in [1.82, 2.24) is 14.8 Å². The summed E-state index contributed by atoms with van der Waals surface area (Å²) in [5.41, 5.74) is 0.799. The first-order valence-electron chi connectivity index (χ1n) is 9.03. The maximum atomic E-state index is 13.6. The number of amides is 2. The molecule has 0 aliphatic heterocycles. The van der Waals surface area contributed by atoms with Crippen molar-refractivity contribution in [2.24, 2.45) is 7.05 Å². The van der Waals surface area contributed by atoms with Gasteiger partial charge in [0.1, 0.15) is 11.6 Å². The number of aromatic nitrogens is 3. The van der Waals surface area contributed by atoms with Crippen molar-refractivity contribution >= 4 is 46.6 Å². The van der Waals surface area contributed by atoms with E-state index in [1.54, 1.807) is 48.0 Å². The summed E-state index contributed by atoms with van der Waals surface area (Å²) >= 11 is 7.06. The molecule has 2 aromatic carbocycles. The van der Waals surface area contributed by atoms with Gasteiger partial charge in [-0.25, -0.2) is 4.39 Å². The lowest BCUT2D eigenvalue weighted by Crippen LogP contribution is -2.15. The third kappa shape index (κ3) is 6.04. The second-order valence-corrected chi connectivity index (χ2v) is 7.71. The zero-order valence-corrected chi connectivity index (χ0v) is 17.6. The van der Waals surface area contributed by atoms with Crippen molar-refractivity contribution in [2.75, 3.05) is 16.4 Å². The number of anilines is 2. The van der Waals surface area contributed by atoms with Crippen LogP contribution in [-0.4, -0.2) is 32.3 Å². The molecular weight excluding hydrogens is 429 g/mol. The Hall–Kier alpha value is -2.91. The second-order valence-electron chi connectivity index (χ2n) is 6.33. The Balaban J connectivity index is 1.48. The molecule has 0 saturated carbocycles. The fourth-order valence-corrected chi connectivity index (χ4v) is 3.41. The van der Waals surface area contributed by atoms with Crippen molar-refractivity contribution in [3.63, 3.8) is 0 Å². The van der Waals surface area contributed by atoms with Gasteiger partial charge < -0.3 is 15.2 Å². The van der Waals surface area contributed by atoms with E-state index in [4.69, 9.17) is 11.6 Å². The lowest BCUT2D eigenvalue weighted by atomic mass is 10.2. The third-order valence-corrected chi connectivity index (χ3v) is 5.38. The van der Waals surface area contributed by atoms with Crippen LogP contribution in [0.2, 0.25) is 5.02 Å². The van der Waals surface area contributed by atoms with Crippen LogP contribution >= 0.6 is 23.4 Å². The standard InChI is InChI=1S/C20H19ClFN5O2S/c1-27-17(10-11-18(28)24-16-5-3-2-4-15(16)22)25-26-20(27)30-12-19(29)23-14-8-6-13(21)7-9-14/h2-9H,10-12H2,1H3,(H,23,29)(H,24,28). The Labute approximate surface area is 182 Å². The summed E-state index contributed by atoms with van der Waals surface area (Å²) in [5.74, 6) is -0.238. The van der Waals surface area contributed by atoms with E-state index in [1.807, 2.05) is 0 Å². The number of carbonyl (C=O) groups excluding carboxylic acids is 2. The molecule has 10 heteroatoms. The molecule has 0 aliphatic carbocycles. The SMILES string of the molecule is Cn1c(CCC(=O)Nc2ccccc2F)nnc1SCC(=O)Nc1ccc(Cl)cc1. The maximum absolute atomic E-state index is 13.6. The molecule has 1 aromatic heterocycles. The molecule has 0 spiro atoms. The molecule has 0 unspecified atom stereocenters. The summed E-state index contributed by atoms with van der Waals surface area (Å²) in [5, 5.41) is 14.6. The van der Waals surface area contributed by atoms with E-state index in [1.165, 1.54) is 23.9 Å². The largest absolute Gasteiger partial charge is 0.325 e. The quantitative estimate of drug-likeness (QED) is 0.511. The zero-order chi connectivity index (χ0) is 21.5. The molecule has 156 valence electrons. The zero-order valence-electron chi connectivity index (χ0n) is 16.1. The molecule has 0 saturated heterocycles. The van der Waals surface area contributed by atoms with Crippen molar-refractivity contribution in [2.45, 2.75) is 18.0 Å². The summed E-state index contributed by atoms with van der Waals surface area (Å²) in [6, 6.07) is 12.8. The van der Waals surface area contributed by atoms with Crippen LogP contribution in [0.5, 0.6) is 0 Å². The Morgan fingerprint density at radius 3 is 2.53 bits per heavy atom. The van der Waals surface area contributed by atoms with Crippen molar-refractivity contribution in [3.8, 4) is 0 Å². The first-order valence-corrected chi connectivity index (χ1v) is 10.4. The molecule has 2 N–H and O–H groups in total. The van der Waals surface area contributed by atoms with Gasteiger partial charge >= 0.3 is 0 Å². The van der Waals surface area contributed by atoms with Crippen LogP contribution in [0.4, 0.5) is 15.8 Å². The highest BCUT2D eigenvalue weighted by Gasteiger charge is 2.14. The summed E-state index contributed by atoms with van der Waals surface area (Å²) < 4.78 is 15.3. The third-order valence-electron chi connectivity index (χ3n) is 4.11. The number of nitrogens with zero attached hydrogens (tertiary/aromatic N) is 3. The molecule has 0 aliphatic rings. The van der Waals surface area contributed by atoms with Gasteiger partial charge in [-0.15, -0.1) is 10.2 Å². The number of para-hydroxylation sites is 1. The molecule has 30 heavy (non-hydrogen) atoms. The number of halogens is 2. The minimum absolute atomic E-state index is 0.127. The fourth-order valence-electron chi connectivity index (χ4n) is 2.55. The van der Waals surface area contributed by atoms with Gasteiger partial charge in [-0.05, 0) is 36.4 Å². The van der Waals surface area contributed by atoms with Gasteiger partial charge in [0.25, 0.3) is 0 Å². The number of benzene rings is 2. The van der Waals surface area contributed by atoms with Crippen molar-refractivity contribution in [3.05, 3.63) is 65.2 Å². The first kappa shape index (κ1) is 21.8. The van der Waals surface area contributed by atoms with Crippen LogP contribution in [0.25, 0.3) is 0 Å². The van der Waals surface area contributed by atoms with E-state index in [0.717, 1.165) is 0 Å². The highest BCUT2D eigenvalue weighted by atomic mass is 35.5. The van der Waals surface area contributed by atoms with Gasteiger partial charge in [0.05, 0.1) is 11.4 Å². The number of aryl methyl sites for hydroxylation is 1. The molecule has 0 radical (unpaired) electrons. The average molecular weight is 448 g/mol. The van der Waals surface area contributed by atoms with Crippen LogP contribution in [0, 0.1) is 5.82 Å². The van der Waals surface area contributed by atoms with Gasteiger partial charge in [-0.3, -0.25) is 9.59 Å². The topological polar surface area (TPSA) is 88.9 Å². The predicted molar refractivity (Wildman–Crippen MR) is 115 cm³/mol. The van der Waals surface area contributed by atoms with Crippen LogP contribution in [0.1, 0.15) is 12.2 Å². The van der Waals surface area contributed by atoms with Gasteiger partial charge in [0.15, 0.2) is 5.16 Å². The highest BCUT2D eigenvalue weighted by molar-refractivity contribution is 7.99. The predicted octanol–water partition coefficient (Wildman–Crippen LogP) is 3.91. The minimum Gasteiger partial charge on any atom is -0.325 e. The smallest absolute Gasteiger partial charge is 0.234 e. The minimum atomic E-state index is -0.486. The Morgan fingerprint density at radius 2 is 1.80 bits per heavy atom. The summed E-state index contributed by atoms with van der Waals surface area (Å²) in [6.45, 7) is 0. The van der Waals surface area contributed by atoms with E-state index in [9.17, 15) is 14.0 Å². The van der Waals surface area contributed by atoms with Crippen molar-refractivity contribution in [1.29, 1.82) is 0 Å². The van der Waals surface area contributed by atoms with Crippen LogP contribution < -0.4 is 10.6 Å². The van der Waals surface area contributed by atoms with Gasteiger partial charge in [0.2, 0.25) is 11.8 Å². The lowest BCUT2D eigenvalue weighted by molar-refractivity contribution is -0.116. The average Bonchev–Trinajstić information content (AvgIpc) is 3.08. The van der Waals surface area contributed by atoms with Gasteiger partial charge in [0, 0.05) is 30.6 Å². The number of rotatable bonds is 8. The number of carbonyl (C=O) groups is 2. The normalized spacial score (nSPS) is 10.6. The van der Waals surface area contributed by atoms with E-state index in [-0.39, 0.29) is 29.7 Å². The van der Waals surface area contributed by atoms with Gasteiger partial charge in [-0.2, -0.15) is 0 Å². The van der Waals surface area contributed by atoms with E-state index < -0.39 is 5.82 Å². The summed E-state index contributed by atoms with van der Waals surface area (Å²) in [4.78, 5) is 24.2. The summed E-state index contributed by atoms with van der Waals surface area (Å²) in [7, 11) is 1.77. The van der Waals surface area contributed by atoms with Crippen LogP contribution in [0.3, 0.4) is 0 Å². The molecule has 0 atom stereocenters.